The van der Waals surface area contributed by atoms with E-state index >= 15 is 0 Å². The van der Waals surface area contributed by atoms with Crippen LogP contribution >= 0.6 is 0 Å². The summed E-state index contributed by atoms with van der Waals surface area (Å²) in [4.78, 5) is 16.4. The van der Waals surface area contributed by atoms with E-state index < -0.39 is 17.5 Å². The molecule has 3 aromatic rings. The van der Waals surface area contributed by atoms with E-state index in [1.54, 1.807) is 12.1 Å². The van der Waals surface area contributed by atoms with Crippen molar-refractivity contribution in [3.63, 3.8) is 0 Å². The van der Waals surface area contributed by atoms with Crippen molar-refractivity contribution in [3.05, 3.63) is 65.9 Å². The quantitative estimate of drug-likeness (QED) is 0.729. The molecule has 6 heteroatoms. The van der Waals surface area contributed by atoms with Gasteiger partial charge in [-0.05, 0) is 24.3 Å². The molecule has 1 amide bonds. The van der Waals surface area contributed by atoms with Gasteiger partial charge in [0.25, 0.3) is 0 Å². The zero-order valence-electron chi connectivity index (χ0n) is 12.0. The lowest BCUT2D eigenvalue weighted by atomic mass is 10.1. The molecule has 0 aliphatic heterocycles. The topological polar surface area (TPSA) is 68.0 Å². The van der Waals surface area contributed by atoms with E-state index in [9.17, 15) is 13.6 Å². The highest BCUT2D eigenvalue weighted by molar-refractivity contribution is 5.93. The van der Waals surface area contributed by atoms with Crippen molar-refractivity contribution < 1.29 is 13.6 Å². The van der Waals surface area contributed by atoms with E-state index in [2.05, 4.69) is 10.3 Å². The van der Waals surface area contributed by atoms with Crippen molar-refractivity contribution >= 4 is 28.2 Å². The summed E-state index contributed by atoms with van der Waals surface area (Å²) in [5, 5.41) is 3.27. The molecule has 3 rings (SSSR count). The number of nitrogens with two attached hydrogens (primary N) is 1. The summed E-state index contributed by atoms with van der Waals surface area (Å²) in [5.74, 6) is -1.97. The average molecular weight is 313 g/mol. The van der Waals surface area contributed by atoms with Gasteiger partial charge < -0.3 is 11.1 Å². The van der Waals surface area contributed by atoms with Crippen LogP contribution in [-0.2, 0) is 11.2 Å². The van der Waals surface area contributed by atoms with Gasteiger partial charge in [0.2, 0.25) is 5.91 Å². The first-order valence-corrected chi connectivity index (χ1v) is 6.92. The fourth-order valence-electron chi connectivity index (χ4n) is 2.26. The highest BCUT2D eigenvalue weighted by Crippen LogP contribution is 2.19. The Bertz CT molecular complexity index is 896. The number of benzene rings is 2. The van der Waals surface area contributed by atoms with Crippen LogP contribution in [0.5, 0.6) is 0 Å². The Morgan fingerprint density at radius 1 is 1.13 bits per heavy atom. The van der Waals surface area contributed by atoms with Crippen molar-refractivity contribution in [3.8, 4) is 0 Å². The maximum atomic E-state index is 13.5. The van der Waals surface area contributed by atoms with Gasteiger partial charge in [-0.25, -0.2) is 8.78 Å². The molecule has 0 saturated carbocycles. The largest absolute Gasteiger partial charge is 0.397 e. The molecule has 0 spiro atoms. The number of hydrogen-bond acceptors (Lipinski definition) is 3. The highest BCUT2D eigenvalue weighted by Gasteiger charge is 2.10. The third-order valence-corrected chi connectivity index (χ3v) is 3.36. The standard InChI is InChI=1S/C17H13F2N3O/c18-11-5-7-15(13(19)8-11)22-16(23)9-12-6-4-10-2-1-3-14(20)17(10)21-12/h1-8H,9,20H2,(H,22,23). The van der Waals surface area contributed by atoms with Crippen molar-refractivity contribution in [2.45, 2.75) is 6.42 Å². The number of hydrogen-bond donors (Lipinski definition) is 2. The number of pyridine rings is 1. The second kappa shape index (κ2) is 6.00. The van der Waals surface area contributed by atoms with E-state index in [0.29, 0.717) is 23.0 Å². The molecule has 0 fully saturated rings. The molecule has 23 heavy (non-hydrogen) atoms. The minimum Gasteiger partial charge on any atom is -0.397 e. The molecule has 0 unspecified atom stereocenters. The van der Waals surface area contributed by atoms with Crippen LogP contribution in [0.1, 0.15) is 5.69 Å². The van der Waals surface area contributed by atoms with Gasteiger partial charge in [0, 0.05) is 11.5 Å². The normalized spacial score (nSPS) is 10.7. The molecule has 1 heterocycles. The van der Waals surface area contributed by atoms with E-state index in [4.69, 9.17) is 5.73 Å². The Morgan fingerprint density at radius 2 is 1.96 bits per heavy atom. The van der Waals surface area contributed by atoms with Crippen molar-refractivity contribution in [1.82, 2.24) is 4.98 Å². The maximum absolute atomic E-state index is 13.5. The van der Waals surface area contributed by atoms with Crippen LogP contribution < -0.4 is 11.1 Å². The smallest absolute Gasteiger partial charge is 0.230 e. The molecule has 3 N–H and O–H groups in total. The summed E-state index contributed by atoms with van der Waals surface area (Å²) < 4.78 is 26.4. The van der Waals surface area contributed by atoms with E-state index in [1.165, 1.54) is 6.07 Å². The first-order valence-electron chi connectivity index (χ1n) is 6.92. The minimum absolute atomic E-state index is 0.0406. The number of para-hydroxylation sites is 1. The molecular formula is C17H13F2N3O. The number of rotatable bonds is 3. The number of nitrogen functional groups attached to an aromatic ring is 1. The Morgan fingerprint density at radius 3 is 2.74 bits per heavy atom. The predicted octanol–water partition coefficient (Wildman–Crippen LogP) is 3.28. The average Bonchev–Trinajstić information content (AvgIpc) is 2.51. The van der Waals surface area contributed by atoms with Crippen molar-refractivity contribution in [1.29, 1.82) is 0 Å². The van der Waals surface area contributed by atoms with Crippen LogP contribution in [0.25, 0.3) is 10.9 Å². The second-order valence-electron chi connectivity index (χ2n) is 5.07. The van der Waals surface area contributed by atoms with Gasteiger partial charge >= 0.3 is 0 Å². The zero-order chi connectivity index (χ0) is 16.4. The maximum Gasteiger partial charge on any atom is 0.230 e. The SMILES string of the molecule is Nc1cccc2ccc(CC(=O)Nc3ccc(F)cc3F)nc12. The first kappa shape index (κ1) is 14.9. The Hall–Kier alpha value is -3.02. The zero-order valence-corrected chi connectivity index (χ0v) is 12.0. The fourth-order valence-corrected chi connectivity index (χ4v) is 2.26. The van der Waals surface area contributed by atoms with Crippen LogP contribution in [0, 0.1) is 11.6 Å². The summed E-state index contributed by atoms with van der Waals surface area (Å²) in [7, 11) is 0. The van der Waals surface area contributed by atoms with Crippen LogP contribution in [0.2, 0.25) is 0 Å². The number of fused-ring (bicyclic) bond motifs is 1. The van der Waals surface area contributed by atoms with Crippen LogP contribution in [0.15, 0.2) is 48.5 Å². The Kier molecular flexibility index (Phi) is 3.89. The van der Waals surface area contributed by atoms with Gasteiger partial charge in [-0.2, -0.15) is 0 Å². The van der Waals surface area contributed by atoms with Gasteiger partial charge in [0.05, 0.1) is 29.0 Å². The van der Waals surface area contributed by atoms with Gasteiger partial charge in [0.15, 0.2) is 0 Å². The number of nitrogens with zero attached hydrogens (tertiary/aromatic N) is 1. The summed E-state index contributed by atoms with van der Waals surface area (Å²) in [5.41, 5.74) is 7.44. The molecule has 0 aliphatic carbocycles. The highest BCUT2D eigenvalue weighted by atomic mass is 19.1. The number of anilines is 2. The predicted molar refractivity (Wildman–Crippen MR) is 84.8 cm³/mol. The second-order valence-corrected chi connectivity index (χ2v) is 5.07. The number of aromatic nitrogens is 1. The summed E-state index contributed by atoms with van der Waals surface area (Å²) in [6, 6.07) is 11.9. The molecule has 4 nitrogen and oxygen atoms in total. The third kappa shape index (κ3) is 3.26. The van der Waals surface area contributed by atoms with Crippen LogP contribution in [0.3, 0.4) is 0 Å². The van der Waals surface area contributed by atoms with Gasteiger partial charge in [-0.1, -0.05) is 18.2 Å². The lowest BCUT2D eigenvalue weighted by molar-refractivity contribution is -0.115. The van der Waals surface area contributed by atoms with Crippen LogP contribution in [-0.4, -0.2) is 10.9 Å². The number of carbonyl (C=O) groups excluding carboxylic acids is 1. The van der Waals surface area contributed by atoms with Crippen LogP contribution in [0.4, 0.5) is 20.2 Å². The van der Waals surface area contributed by atoms with Gasteiger partial charge in [0.1, 0.15) is 11.6 Å². The van der Waals surface area contributed by atoms with Gasteiger partial charge in [-0.3, -0.25) is 9.78 Å². The molecule has 0 bridgehead atoms. The summed E-state index contributed by atoms with van der Waals surface area (Å²) >= 11 is 0. The minimum atomic E-state index is -0.825. The number of halogens is 2. The van der Waals surface area contributed by atoms with Crippen molar-refractivity contribution in [2.24, 2.45) is 0 Å². The van der Waals surface area contributed by atoms with Gasteiger partial charge in [-0.15, -0.1) is 0 Å². The molecule has 1 aromatic heterocycles. The van der Waals surface area contributed by atoms with E-state index in [0.717, 1.165) is 11.5 Å². The molecule has 0 saturated heterocycles. The molecular weight excluding hydrogens is 300 g/mol. The molecule has 116 valence electrons. The number of amides is 1. The summed E-state index contributed by atoms with van der Waals surface area (Å²) in [6.45, 7) is 0. The van der Waals surface area contributed by atoms with Crippen molar-refractivity contribution in [2.75, 3.05) is 11.1 Å². The summed E-state index contributed by atoms with van der Waals surface area (Å²) in [6.07, 6.45) is -0.0406. The molecule has 2 aromatic carbocycles. The van der Waals surface area contributed by atoms with E-state index in [1.807, 2.05) is 18.2 Å². The lowest BCUT2D eigenvalue weighted by Gasteiger charge is -2.07. The molecule has 0 radical (unpaired) electrons. The fraction of sp³-hybridized carbons (Fsp3) is 0.0588. The third-order valence-electron chi connectivity index (χ3n) is 3.36. The lowest BCUT2D eigenvalue weighted by Crippen LogP contribution is -2.16. The monoisotopic (exact) mass is 313 g/mol. The molecule has 0 atom stereocenters. The first-order chi connectivity index (χ1) is 11.0. The number of nitrogens with one attached hydrogen (secondary N) is 1. The molecule has 0 aliphatic rings. The Labute approximate surface area is 131 Å². The number of carbonyl (C=O) groups is 1. The Balaban J connectivity index is 1.78. The van der Waals surface area contributed by atoms with E-state index in [-0.39, 0.29) is 12.1 Å².